The van der Waals surface area contributed by atoms with Crippen molar-refractivity contribution in [1.82, 2.24) is 4.90 Å². The van der Waals surface area contributed by atoms with Crippen molar-refractivity contribution in [2.45, 2.75) is 51.1 Å². The summed E-state index contributed by atoms with van der Waals surface area (Å²) in [6.45, 7) is 9.16. The number of benzene rings is 1. The van der Waals surface area contributed by atoms with Crippen LogP contribution in [0.5, 0.6) is 0 Å². The lowest BCUT2D eigenvalue weighted by molar-refractivity contribution is -0.120. The van der Waals surface area contributed by atoms with Crippen LogP contribution in [0.1, 0.15) is 45.0 Å². The summed E-state index contributed by atoms with van der Waals surface area (Å²) in [7, 11) is 0. The van der Waals surface area contributed by atoms with Crippen LogP contribution in [-0.4, -0.2) is 35.0 Å². The summed E-state index contributed by atoms with van der Waals surface area (Å²) in [6.07, 6.45) is -0.469. The molecule has 0 saturated carbocycles. The molecule has 4 nitrogen and oxygen atoms in total. The molecule has 0 aromatic heterocycles. The van der Waals surface area contributed by atoms with Gasteiger partial charge in [-0.1, -0.05) is 46.3 Å². The Labute approximate surface area is 141 Å². The van der Waals surface area contributed by atoms with Crippen molar-refractivity contribution in [2.24, 2.45) is 0 Å². The predicted octanol–water partition coefficient (Wildman–Crippen LogP) is 4.34. The number of ether oxygens (including phenoxy) is 1. The Kier molecular flexibility index (Phi) is 6.60. The van der Waals surface area contributed by atoms with Crippen molar-refractivity contribution in [3.05, 3.63) is 35.9 Å². The lowest BCUT2D eigenvalue weighted by Gasteiger charge is -2.30. The number of alkyl halides is 1. The van der Waals surface area contributed by atoms with Gasteiger partial charge in [0.25, 0.3) is 0 Å². The van der Waals surface area contributed by atoms with Crippen LogP contribution < -0.4 is 0 Å². The topological polar surface area (TPSA) is 46.6 Å². The molecule has 0 N–H and O–H groups in total. The van der Waals surface area contributed by atoms with Gasteiger partial charge in [-0.25, -0.2) is 4.79 Å². The zero-order valence-corrected chi connectivity index (χ0v) is 15.4. The van der Waals surface area contributed by atoms with Gasteiger partial charge in [-0.05, 0) is 40.2 Å². The molecule has 0 fully saturated rings. The van der Waals surface area contributed by atoms with Crippen LogP contribution in [0.15, 0.2) is 30.3 Å². The highest BCUT2D eigenvalue weighted by atomic mass is 79.9. The summed E-state index contributed by atoms with van der Waals surface area (Å²) in [5.41, 5.74) is 0.293. The van der Waals surface area contributed by atoms with E-state index in [1.54, 1.807) is 0 Å². The number of hydrogen-bond acceptors (Lipinski definition) is 3. The van der Waals surface area contributed by atoms with Crippen LogP contribution in [0.4, 0.5) is 4.79 Å². The largest absolute Gasteiger partial charge is 0.444 e. The number of carbonyl (C=O) groups excluding carboxylic acids is 2. The zero-order valence-electron chi connectivity index (χ0n) is 13.8. The van der Waals surface area contributed by atoms with Crippen molar-refractivity contribution in [2.75, 3.05) is 6.54 Å². The lowest BCUT2D eigenvalue weighted by Crippen LogP contribution is -2.44. The van der Waals surface area contributed by atoms with Crippen LogP contribution in [0, 0.1) is 0 Å². The van der Waals surface area contributed by atoms with E-state index in [2.05, 4.69) is 15.9 Å². The van der Waals surface area contributed by atoms with Gasteiger partial charge < -0.3 is 4.74 Å². The van der Waals surface area contributed by atoms with E-state index in [1.807, 2.05) is 65.0 Å². The fourth-order valence-corrected chi connectivity index (χ4v) is 2.28. The maximum absolute atomic E-state index is 12.4. The second kappa shape index (κ2) is 7.77. The third-order valence-electron chi connectivity index (χ3n) is 2.95. The smallest absolute Gasteiger partial charge is 0.410 e. The van der Waals surface area contributed by atoms with E-state index < -0.39 is 16.5 Å². The van der Waals surface area contributed by atoms with Crippen LogP contribution in [0.3, 0.4) is 0 Å². The van der Waals surface area contributed by atoms with E-state index >= 15 is 0 Å². The first kappa shape index (κ1) is 18.7. The minimum Gasteiger partial charge on any atom is -0.444 e. The normalized spacial score (nSPS) is 12.9. The maximum atomic E-state index is 12.4. The number of amides is 1. The van der Waals surface area contributed by atoms with Crippen molar-refractivity contribution in [3.8, 4) is 0 Å². The van der Waals surface area contributed by atoms with Crippen molar-refractivity contribution < 1.29 is 14.3 Å². The number of Topliss-reactive ketones (excluding diaryl/α,β-unsaturated/α-hetero) is 1. The maximum Gasteiger partial charge on any atom is 0.410 e. The Balaban J connectivity index is 2.79. The molecule has 22 heavy (non-hydrogen) atoms. The summed E-state index contributed by atoms with van der Waals surface area (Å²) >= 11 is 3.41. The average molecular weight is 370 g/mol. The minimum absolute atomic E-state index is 0.0113. The van der Waals surface area contributed by atoms with Crippen molar-refractivity contribution in [3.63, 3.8) is 0 Å². The van der Waals surface area contributed by atoms with Crippen LogP contribution in [0.25, 0.3) is 0 Å². The first-order valence-corrected chi connectivity index (χ1v) is 8.24. The lowest BCUT2D eigenvalue weighted by atomic mass is 10.1. The number of ketones is 1. The Morgan fingerprint density at radius 2 is 1.73 bits per heavy atom. The zero-order chi connectivity index (χ0) is 16.9. The van der Waals surface area contributed by atoms with Crippen LogP contribution in [-0.2, 0) is 9.53 Å². The van der Waals surface area contributed by atoms with Gasteiger partial charge in [0.1, 0.15) is 5.60 Å². The van der Waals surface area contributed by atoms with Gasteiger partial charge in [0.05, 0.1) is 11.4 Å². The molecule has 0 aliphatic heterocycles. The fraction of sp³-hybridized carbons (Fsp3) is 0.529. The predicted molar refractivity (Wildman–Crippen MR) is 91.2 cm³/mol. The van der Waals surface area contributed by atoms with Gasteiger partial charge in [0, 0.05) is 6.04 Å². The Bertz CT molecular complexity index is 508. The van der Waals surface area contributed by atoms with Crippen molar-refractivity contribution >= 4 is 27.8 Å². The molecular formula is C17H24BrNO3. The standard InChI is InChI=1S/C17H24BrNO3/c1-12(2)19(16(21)22-17(3,4)5)11-14(20)15(18)13-9-7-6-8-10-13/h6-10,12,15H,11H2,1-5H3. The third kappa shape index (κ3) is 5.79. The summed E-state index contributed by atoms with van der Waals surface area (Å²) in [4.78, 5) is 25.7. The number of rotatable bonds is 5. The molecule has 5 heteroatoms. The van der Waals surface area contributed by atoms with Gasteiger partial charge in [-0.2, -0.15) is 0 Å². The minimum atomic E-state index is -0.583. The molecule has 0 aliphatic carbocycles. The monoisotopic (exact) mass is 369 g/mol. The number of nitrogens with zero attached hydrogens (tertiary/aromatic N) is 1. The molecule has 0 radical (unpaired) electrons. The molecule has 1 amide bonds. The molecule has 1 rings (SSSR count). The molecule has 0 bridgehead atoms. The van der Waals surface area contributed by atoms with E-state index in [-0.39, 0.29) is 18.4 Å². The van der Waals surface area contributed by atoms with E-state index in [1.165, 1.54) is 4.90 Å². The Morgan fingerprint density at radius 1 is 1.18 bits per heavy atom. The molecule has 1 atom stereocenters. The molecule has 1 aromatic rings. The molecule has 1 unspecified atom stereocenters. The number of carbonyl (C=O) groups is 2. The van der Waals surface area contributed by atoms with Gasteiger partial charge in [0.2, 0.25) is 0 Å². The molecule has 0 heterocycles. The van der Waals surface area contributed by atoms with Crippen LogP contribution >= 0.6 is 15.9 Å². The van der Waals surface area contributed by atoms with E-state index in [0.717, 1.165) is 5.56 Å². The van der Waals surface area contributed by atoms with E-state index in [9.17, 15) is 9.59 Å². The number of hydrogen-bond donors (Lipinski definition) is 0. The highest BCUT2D eigenvalue weighted by molar-refractivity contribution is 9.09. The second-order valence-electron chi connectivity index (χ2n) is 6.44. The van der Waals surface area contributed by atoms with Gasteiger partial charge in [0.15, 0.2) is 5.78 Å². The Hall–Kier alpha value is -1.36. The van der Waals surface area contributed by atoms with Crippen molar-refractivity contribution in [1.29, 1.82) is 0 Å². The average Bonchev–Trinajstić information content (AvgIpc) is 2.42. The highest BCUT2D eigenvalue weighted by Crippen LogP contribution is 2.24. The Morgan fingerprint density at radius 3 is 2.18 bits per heavy atom. The first-order valence-electron chi connectivity index (χ1n) is 7.33. The summed E-state index contributed by atoms with van der Waals surface area (Å²) < 4.78 is 5.37. The molecule has 0 spiro atoms. The molecular weight excluding hydrogens is 346 g/mol. The van der Waals surface area contributed by atoms with Gasteiger partial charge >= 0.3 is 6.09 Å². The highest BCUT2D eigenvalue weighted by Gasteiger charge is 2.28. The summed E-state index contributed by atoms with van der Waals surface area (Å²) in [5.74, 6) is -0.0780. The number of halogens is 1. The first-order chi connectivity index (χ1) is 10.1. The van der Waals surface area contributed by atoms with Gasteiger partial charge in [-0.15, -0.1) is 0 Å². The van der Waals surface area contributed by atoms with Gasteiger partial charge in [-0.3, -0.25) is 9.69 Å². The summed E-state index contributed by atoms with van der Waals surface area (Å²) in [5, 5.41) is 0. The third-order valence-corrected chi connectivity index (χ3v) is 3.99. The van der Waals surface area contributed by atoms with E-state index in [4.69, 9.17) is 4.74 Å². The van der Waals surface area contributed by atoms with E-state index in [0.29, 0.717) is 0 Å². The molecule has 1 aromatic carbocycles. The molecule has 122 valence electrons. The molecule has 0 saturated heterocycles. The summed E-state index contributed by atoms with van der Waals surface area (Å²) in [6, 6.07) is 9.30. The SMILES string of the molecule is CC(C)N(CC(=O)C(Br)c1ccccc1)C(=O)OC(C)(C)C. The van der Waals surface area contributed by atoms with Crippen LogP contribution in [0.2, 0.25) is 0 Å². The quantitative estimate of drug-likeness (QED) is 0.725. The fourth-order valence-electron chi connectivity index (χ4n) is 1.83. The molecule has 0 aliphatic rings. The second-order valence-corrected chi connectivity index (χ2v) is 7.36.